The number of anilines is 2. The average molecular weight is 318 g/mol. The lowest BCUT2D eigenvalue weighted by Crippen LogP contribution is -2.22. The summed E-state index contributed by atoms with van der Waals surface area (Å²) >= 11 is 0. The fourth-order valence-electron chi connectivity index (χ4n) is 2.18. The first-order valence-corrected chi connectivity index (χ1v) is 7.35. The van der Waals surface area contributed by atoms with Gasteiger partial charge in [-0.1, -0.05) is 0 Å². The highest BCUT2D eigenvalue weighted by atomic mass is 14.8. The molecule has 0 amide bonds. The summed E-state index contributed by atoms with van der Waals surface area (Å²) in [6, 6.07) is 14.4. The van der Waals surface area contributed by atoms with Gasteiger partial charge >= 0.3 is 0 Å². The molecule has 0 fully saturated rings. The zero-order valence-corrected chi connectivity index (χ0v) is 13.0. The van der Waals surface area contributed by atoms with Crippen LogP contribution in [0.1, 0.15) is 0 Å². The number of nitrogens with zero attached hydrogens (tertiary/aromatic N) is 2. The Hall–Kier alpha value is -3.54. The van der Waals surface area contributed by atoms with Gasteiger partial charge in [0.2, 0.25) is 0 Å². The number of nitrogens with two attached hydrogens (primary N) is 4. The van der Waals surface area contributed by atoms with Crippen LogP contribution in [0.3, 0.4) is 0 Å². The number of nitrogen functional groups attached to an aromatic ring is 2. The van der Waals surface area contributed by atoms with E-state index in [-0.39, 0.29) is 0 Å². The molecule has 1 aliphatic carbocycles. The fourth-order valence-corrected chi connectivity index (χ4v) is 2.18. The van der Waals surface area contributed by atoms with E-state index in [0.717, 1.165) is 11.4 Å². The predicted octanol–water partition coefficient (Wildman–Crippen LogP) is 2.40. The van der Waals surface area contributed by atoms with Crippen LogP contribution in [0, 0.1) is 0 Å². The van der Waals surface area contributed by atoms with Gasteiger partial charge in [0.05, 0.1) is 34.2 Å². The van der Waals surface area contributed by atoms with E-state index in [1.54, 1.807) is 36.4 Å². The van der Waals surface area contributed by atoms with Gasteiger partial charge in [-0.25, -0.2) is 9.98 Å². The Labute approximate surface area is 139 Å². The van der Waals surface area contributed by atoms with Gasteiger partial charge in [0.15, 0.2) is 0 Å². The summed E-state index contributed by atoms with van der Waals surface area (Å²) in [5.41, 5.74) is 28.6. The molecule has 0 saturated heterocycles. The van der Waals surface area contributed by atoms with E-state index >= 15 is 0 Å². The highest BCUT2D eigenvalue weighted by Gasteiger charge is 2.13. The van der Waals surface area contributed by atoms with Crippen LogP contribution in [0.2, 0.25) is 0 Å². The van der Waals surface area contributed by atoms with Crippen molar-refractivity contribution in [2.24, 2.45) is 21.5 Å². The molecule has 2 aromatic carbocycles. The highest BCUT2D eigenvalue weighted by Crippen LogP contribution is 2.20. The highest BCUT2D eigenvalue weighted by molar-refractivity contribution is 6.23. The topological polar surface area (TPSA) is 129 Å². The monoisotopic (exact) mass is 318 g/mol. The zero-order valence-electron chi connectivity index (χ0n) is 13.0. The van der Waals surface area contributed by atoms with Gasteiger partial charge in [0.1, 0.15) is 0 Å². The number of rotatable bonds is 2. The van der Waals surface area contributed by atoms with Crippen LogP contribution in [0.4, 0.5) is 22.7 Å². The van der Waals surface area contributed by atoms with Crippen LogP contribution in [-0.2, 0) is 0 Å². The maximum atomic E-state index is 6.09. The SMILES string of the molecule is NC1=CC(=N\c2ccc(N)cc2)/C(N)=CC/1=N\c1ccc(N)cc1. The van der Waals surface area contributed by atoms with E-state index in [0.29, 0.717) is 34.2 Å². The molecule has 0 atom stereocenters. The van der Waals surface area contributed by atoms with Gasteiger partial charge in [-0.05, 0) is 60.7 Å². The standard InChI is InChI=1S/C18H18N6/c19-11-1-5-13(6-2-11)23-17-9-16(22)18(10-15(17)21)24-14-7-3-12(20)4-8-14/h1-10H,19-22H2/b23-17+,24-18+. The molecule has 0 saturated carbocycles. The number of hydrogen-bond acceptors (Lipinski definition) is 6. The number of benzene rings is 2. The molecule has 3 rings (SSSR count). The first-order chi connectivity index (χ1) is 11.5. The van der Waals surface area contributed by atoms with Gasteiger partial charge in [-0.15, -0.1) is 0 Å². The van der Waals surface area contributed by atoms with Crippen LogP contribution < -0.4 is 22.9 Å². The van der Waals surface area contributed by atoms with Gasteiger partial charge in [0.25, 0.3) is 0 Å². The van der Waals surface area contributed by atoms with Gasteiger partial charge in [0, 0.05) is 11.4 Å². The molecular formula is C18H18N6. The molecule has 0 unspecified atom stereocenters. The second-order valence-electron chi connectivity index (χ2n) is 5.38. The second-order valence-corrected chi connectivity index (χ2v) is 5.38. The predicted molar refractivity (Wildman–Crippen MR) is 100 cm³/mol. The Morgan fingerprint density at radius 1 is 0.500 bits per heavy atom. The van der Waals surface area contributed by atoms with Crippen molar-refractivity contribution >= 4 is 34.2 Å². The van der Waals surface area contributed by atoms with Crippen molar-refractivity contribution in [3.05, 3.63) is 72.1 Å². The lowest BCUT2D eigenvalue weighted by atomic mass is 10.1. The molecule has 0 aromatic heterocycles. The second kappa shape index (κ2) is 6.29. The molecule has 0 spiro atoms. The molecule has 8 N–H and O–H groups in total. The van der Waals surface area contributed by atoms with Crippen molar-refractivity contribution in [3.63, 3.8) is 0 Å². The lowest BCUT2D eigenvalue weighted by Gasteiger charge is -2.12. The summed E-state index contributed by atoms with van der Waals surface area (Å²) in [7, 11) is 0. The average Bonchev–Trinajstić information content (AvgIpc) is 2.56. The smallest absolute Gasteiger partial charge is 0.0888 e. The van der Waals surface area contributed by atoms with Gasteiger partial charge in [-0.2, -0.15) is 0 Å². The molecule has 0 heterocycles. The third-order valence-electron chi connectivity index (χ3n) is 3.46. The van der Waals surface area contributed by atoms with Crippen molar-refractivity contribution in [3.8, 4) is 0 Å². The maximum Gasteiger partial charge on any atom is 0.0888 e. The van der Waals surface area contributed by atoms with E-state index < -0.39 is 0 Å². The zero-order chi connectivity index (χ0) is 17.1. The summed E-state index contributed by atoms with van der Waals surface area (Å²) in [6.45, 7) is 0. The Morgan fingerprint density at radius 3 is 1.17 bits per heavy atom. The summed E-state index contributed by atoms with van der Waals surface area (Å²) in [5, 5.41) is 0. The van der Waals surface area contributed by atoms with Crippen LogP contribution in [0.15, 0.2) is 82.1 Å². The molecular weight excluding hydrogens is 300 g/mol. The lowest BCUT2D eigenvalue weighted by molar-refractivity contribution is 1.36. The maximum absolute atomic E-state index is 6.09. The number of allylic oxidation sites excluding steroid dienone is 2. The van der Waals surface area contributed by atoms with E-state index in [1.165, 1.54) is 0 Å². The summed E-state index contributed by atoms with van der Waals surface area (Å²) in [5.74, 6) is 0. The molecule has 24 heavy (non-hydrogen) atoms. The Bertz CT molecular complexity index is 795. The van der Waals surface area contributed by atoms with E-state index in [2.05, 4.69) is 9.98 Å². The molecule has 0 aliphatic heterocycles. The first-order valence-electron chi connectivity index (χ1n) is 7.35. The summed E-state index contributed by atoms with van der Waals surface area (Å²) < 4.78 is 0. The molecule has 120 valence electrons. The third-order valence-corrected chi connectivity index (χ3v) is 3.46. The molecule has 2 aromatic rings. The Morgan fingerprint density at radius 2 is 0.833 bits per heavy atom. The van der Waals surface area contributed by atoms with Crippen molar-refractivity contribution in [1.82, 2.24) is 0 Å². The molecule has 0 radical (unpaired) electrons. The molecule has 0 bridgehead atoms. The van der Waals surface area contributed by atoms with Crippen molar-refractivity contribution in [2.75, 3.05) is 11.5 Å². The Balaban J connectivity index is 1.91. The largest absolute Gasteiger partial charge is 0.399 e. The minimum atomic E-state index is 0.496. The van der Waals surface area contributed by atoms with Gasteiger partial charge < -0.3 is 22.9 Å². The molecule has 6 nitrogen and oxygen atoms in total. The normalized spacial score (nSPS) is 17.7. The molecule has 1 aliphatic rings. The molecule has 6 heteroatoms. The number of aliphatic imine (C=N–C) groups is 2. The van der Waals surface area contributed by atoms with Crippen LogP contribution in [0.5, 0.6) is 0 Å². The third kappa shape index (κ3) is 3.44. The van der Waals surface area contributed by atoms with E-state index in [9.17, 15) is 0 Å². The van der Waals surface area contributed by atoms with Crippen LogP contribution in [-0.4, -0.2) is 11.4 Å². The van der Waals surface area contributed by atoms with E-state index in [1.807, 2.05) is 24.3 Å². The number of hydrogen-bond donors (Lipinski definition) is 4. The van der Waals surface area contributed by atoms with Crippen molar-refractivity contribution in [2.45, 2.75) is 0 Å². The summed E-state index contributed by atoms with van der Waals surface area (Å²) in [6.07, 6.45) is 3.42. The quantitative estimate of drug-likeness (QED) is 0.500. The van der Waals surface area contributed by atoms with Crippen LogP contribution >= 0.6 is 0 Å². The minimum absolute atomic E-state index is 0.496. The van der Waals surface area contributed by atoms with Gasteiger partial charge in [-0.3, -0.25) is 0 Å². The Kier molecular flexibility index (Phi) is 4.03. The fraction of sp³-hybridized carbons (Fsp3) is 0. The van der Waals surface area contributed by atoms with Crippen molar-refractivity contribution in [1.29, 1.82) is 0 Å². The van der Waals surface area contributed by atoms with Crippen LogP contribution in [0.25, 0.3) is 0 Å². The first kappa shape index (κ1) is 15.4. The minimum Gasteiger partial charge on any atom is -0.399 e. The van der Waals surface area contributed by atoms with E-state index in [4.69, 9.17) is 22.9 Å². The van der Waals surface area contributed by atoms with Crippen molar-refractivity contribution < 1.29 is 0 Å². The summed E-state index contributed by atoms with van der Waals surface area (Å²) in [4.78, 5) is 8.97.